The summed E-state index contributed by atoms with van der Waals surface area (Å²) >= 11 is 3.38. The van der Waals surface area contributed by atoms with E-state index in [1.165, 1.54) is 6.07 Å². The third kappa shape index (κ3) is 2.47. The van der Waals surface area contributed by atoms with Crippen LogP contribution in [0.25, 0.3) is 27.8 Å². The molecule has 2 aromatic heterocycles. The Morgan fingerprint density at radius 2 is 1.67 bits per heavy atom. The monoisotopic (exact) mass is 390 g/mol. The molecule has 0 saturated carbocycles. The van der Waals surface area contributed by atoms with Gasteiger partial charge in [-0.15, -0.1) is 0 Å². The van der Waals surface area contributed by atoms with Crippen molar-refractivity contribution in [2.75, 3.05) is 0 Å². The molecule has 0 radical (unpaired) electrons. The van der Waals surface area contributed by atoms with Gasteiger partial charge in [0.2, 0.25) is 0 Å². The molecule has 0 spiro atoms. The molecule has 2 aromatic carbocycles. The van der Waals surface area contributed by atoms with E-state index in [9.17, 15) is 13.2 Å². The Morgan fingerprint density at radius 3 is 2.38 bits per heavy atom. The van der Waals surface area contributed by atoms with Gasteiger partial charge in [-0.25, -0.2) is 4.98 Å². The Balaban J connectivity index is 2.04. The molecule has 2 nitrogen and oxygen atoms in total. The minimum atomic E-state index is -4.39. The average Bonchev–Trinajstić information content (AvgIpc) is 3.03. The molecule has 0 aliphatic carbocycles. The summed E-state index contributed by atoms with van der Waals surface area (Å²) in [7, 11) is 0. The van der Waals surface area contributed by atoms with Crippen molar-refractivity contribution in [2.24, 2.45) is 0 Å². The molecule has 24 heavy (non-hydrogen) atoms. The van der Waals surface area contributed by atoms with Crippen molar-refractivity contribution in [1.29, 1.82) is 0 Å². The molecule has 6 heteroatoms. The Morgan fingerprint density at radius 1 is 0.917 bits per heavy atom. The highest BCUT2D eigenvalue weighted by Gasteiger charge is 2.30. The lowest BCUT2D eigenvalue weighted by molar-refractivity contribution is -0.137. The first kappa shape index (κ1) is 15.2. The molecule has 0 bridgehead atoms. The van der Waals surface area contributed by atoms with Crippen LogP contribution in [0.15, 0.2) is 65.3 Å². The molecule has 4 rings (SSSR count). The van der Waals surface area contributed by atoms with Gasteiger partial charge in [0.1, 0.15) is 0 Å². The lowest BCUT2D eigenvalue weighted by atomic mass is 10.1. The zero-order valence-electron chi connectivity index (χ0n) is 12.2. The van der Waals surface area contributed by atoms with E-state index < -0.39 is 11.7 Å². The highest BCUT2D eigenvalue weighted by atomic mass is 79.9. The first-order chi connectivity index (χ1) is 11.4. The first-order valence-corrected chi connectivity index (χ1v) is 7.97. The van der Waals surface area contributed by atoms with Crippen LogP contribution in [0.4, 0.5) is 13.2 Å². The van der Waals surface area contributed by atoms with Crippen molar-refractivity contribution >= 4 is 32.5 Å². The predicted molar refractivity (Wildman–Crippen MR) is 90.8 cm³/mol. The van der Waals surface area contributed by atoms with Gasteiger partial charge in [-0.3, -0.25) is 0 Å². The Bertz CT molecular complexity index is 1050. The second kappa shape index (κ2) is 5.34. The summed E-state index contributed by atoms with van der Waals surface area (Å²) in [6.45, 7) is 0. The lowest BCUT2D eigenvalue weighted by Crippen LogP contribution is -2.05. The van der Waals surface area contributed by atoms with Crippen molar-refractivity contribution in [3.8, 4) is 11.3 Å². The number of alkyl halides is 3. The molecule has 0 fully saturated rings. The fraction of sp³-hybridized carbons (Fsp3) is 0.0556. The number of hydrogen-bond acceptors (Lipinski definition) is 1. The van der Waals surface area contributed by atoms with E-state index in [0.717, 1.165) is 27.7 Å². The summed E-state index contributed by atoms with van der Waals surface area (Å²) in [6.07, 6.45) is -2.56. The van der Waals surface area contributed by atoms with Crippen LogP contribution >= 0.6 is 15.9 Å². The van der Waals surface area contributed by atoms with E-state index in [4.69, 9.17) is 0 Å². The number of hydrogen-bond donors (Lipinski definition) is 0. The van der Waals surface area contributed by atoms with Crippen molar-refractivity contribution in [2.45, 2.75) is 6.18 Å². The van der Waals surface area contributed by atoms with Gasteiger partial charge in [0, 0.05) is 16.2 Å². The zero-order chi connectivity index (χ0) is 16.9. The molecule has 0 aliphatic rings. The van der Waals surface area contributed by atoms with Crippen molar-refractivity contribution in [3.63, 3.8) is 0 Å². The molecule has 0 aliphatic heterocycles. The zero-order valence-corrected chi connectivity index (χ0v) is 13.8. The van der Waals surface area contributed by atoms with Crippen LogP contribution in [0.1, 0.15) is 5.56 Å². The van der Waals surface area contributed by atoms with Gasteiger partial charge in [0.15, 0.2) is 0 Å². The number of fused-ring (bicyclic) bond motifs is 3. The molecular weight excluding hydrogens is 381 g/mol. The van der Waals surface area contributed by atoms with Crippen LogP contribution in [0, 0.1) is 0 Å². The molecule has 120 valence electrons. The molecule has 2 heterocycles. The van der Waals surface area contributed by atoms with E-state index in [-0.39, 0.29) is 0 Å². The smallest absolute Gasteiger partial charge is 0.313 e. The number of halogens is 4. The maximum absolute atomic E-state index is 13.0. The summed E-state index contributed by atoms with van der Waals surface area (Å²) in [5.41, 5.74) is 2.61. The Kier molecular flexibility index (Phi) is 3.38. The summed E-state index contributed by atoms with van der Waals surface area (Å²) in [5, 5.41) is 0. The van der Waals surface area contributed by atoms with E-state index >= 15 is 0 Å². The fourth-order valence-electron chi connectivity index (χ4n) is 2.77. The highest BCUT2D eigenvalue weighted by molar-refractivity contribution is 9.10. The third-order valence-electron chi connectivity index (χ3n) is 3.90. The predicted octanol–water partition coefficient (Wildman–Crippen LogP) is 5.94. The van der Waals surface area contributed by atoms with Crippen LogP contribution < -0.4 is 0 Å². The Labute approximate surface area is 143 Å². The maximum Gasteiger partial charge on any atom is 0.416 e. The van der Waals surface area contributed by atoms with Gasteiger partial charge < -0.3 is 4.40 Å². The normalized spacial score (nSPS) is 12.2. The van der Waals surface area contributed by atoms with E-state index in [2.05, 4.69) is 20.9 Å². The molecule has 0 atom stereocenters. The lowest BCUT2D eigenvalue weighted by Gasteiger charge is -2.11. The highest BCUT2D eigenvalue weighted by Crippen LogP contribution is 2.33. The standard InChI is InChI=1S/C18H10BrF3N2/c19-13-6-3-11(4-7-13)17-16-2-1-9-24(16)15-8-5-12(18(20,21)22)10-14(15)23-17/h1-10H. The second-order valence-corrected chi connectivity index (χ2v) is 6.35. The molecular formula is C18H10BrF3N2. The van der Waals surface area contributed by atoms with Gasteiger partial charge in [0.25, 0.3) is 0 Å². The molecule has 0 unspecified atom stereocenters. The van der Waals surface area contributed by atoms with Crippen molar-refractivity contribution in [3.05, 3.63) is 70.8 Å². The second-order valence-electron chi connectivity index (χ2n) is 5.43. The van der Waals surface area contributed by atoms with Gasteiger partial charge in [-0.1, -0.05) is 28.1 Å². The van der Waals surface area contributed by atoms with Crippen LogP contribution in [0.2, 0.25) is 0 Å². The van der Waals surface area contributed by atoms with Crippen LogP contribution in [-0.2, 0) is 6.18 Å². The van der Waals surface area contributed by atoms with E-state index in [1.807, 2.05) is 47.0 Å². The number of aromatic nitrogens is 2. The molecule has 4 aromatic rings. The van der Waals surface area contributed by atoms with Crippen molar-refractivity contribution < 1.29 is 13.2 Å². The third-order valence-corrected chi connectivity index (χ3v) is 4.43. The molecule has 0 N–H and O–H groups in total. The molecule has 0 saturated heterocycles. The largest absolute Gasteiger partial charge is 0.416 e. The van der Waals surface area contributed by atoms with Gasteiger partial charge in [0.05, 0.1) is 27.8 Å². The maximum atomic E-state index is 13.0. The van der Waals surface area contributed by atoms with E-state index in [1.54, 1.807) is 0 Å². The minimum absolute atomic E-state index is 0.312. The quantitative estimate of drug-likeness (QED) is 0.393. The number of rotatable bonds is 1. The summed E-state index contributed by atoms with van der Waals surface area (Å²) in [6, 6.07) is 14.9. The SMILES string of the molecule is FC(F)(F)c1ccc2c(c1)nc(-c1ccc(Br)cc1)c1cccn12. The minimum Gasteiger partial charge on any atom is -0.313 e. The summed E-state index contributed by atoms with van der Waals surface area (Å²) < 4.78 is 41.8. The average molecular weight is 391 g/mol. The van der Waals surface area contributed by atoms with Crippen LogP contribution in [-0.4, -0.2) is 9.38 Å². The fourth-order valence-corrected chi connectivity index (χ4v) is 3.04. The first-order valence-electron chi connectivity index (χ1n) is 7.17. The number of nitrogens with zero attached hydrogens (tertiary/aromatic N) is 2. The van der Waals surface area contributed by atoms with E-state index in [0.29, 0.717) is 16.7 Å². The van der Waals surface area contributed by atoms with Crippen LogP contribution in [0.3, 0.4) is 0 Å². The topological polar surface area (TPSA) is 17.3 Å². The summed E-state index contributed by atoms with van der Waals surface area (Å²) in [4.78, 5) is 4.51. The van der Waals surface area contributed by atoms with Crippen LogP contribution in [0.5, 0.6) is 0 Å². The van der Waals surface area contributed by atoms with Crippen molar-refractivity contribution in [1.82, 2.24) is 9.38 Å². The Hall–Kier alpha value is -2.34. The van der Waals surface area contributed by atoms with Gasteiger partial charge in [-0.05, 0) is 42.5 Å². The summed E-state index contributed by atoms with van der Waals surface area (Å²) in [5.74, 6) is 0. The van der Waals surface area contributed by atoms with Gasteiger partial charge in [-0.2, -0.15) is 13.2 Å². The number of benzene rings is 2. The molecule has 0 amide bonds. The van der Waals surface area contributed by atoms with Gasteiger partial charge >= 0.3 is 6.18 Å².